The number of fused-ring (bicyclic) bond motifs is 12. The zero-order chi connectivity index (χ0) is 46.6. The molecule has 8 aliphatic rings. The van der Waals surface area contributed by atoms with Gasteiger partial charge in [-0.25, -0.2) is 0 Å². The monoisotopic (exact) mass is 843 g/mol. The highest BCUT2D eigenvalue weighted by atomic mass is 14.6. The van der Waals surface area contributed by atoms with Crippen LogP contribution in [0.2, 0.25) is 0 Å². The fourth-order valence-electron chi connectivity index (χ4n) is 16.4. The lowest BCUT2D eigenvalue weighted by molar-refractivity contribution is 0.347. The van der Waals surface area contributed by atoms with Crippen LogP contribution in [0, 0.1) is 48.5 Å². The first-order valence-electron chi connectivity index (χ1n) is 25.2. The zero-order valence-corrected chi connectivity index (χ0v) is 44.7. The summed E-state index contributed by atoms with van der Waals surface area (Å²) in [5, 5.41) is 0. The van der Waals surface area contributed by atoms with E-state index < -0.39 is 0 Å². The average Bonchev–Trinajstić information content (AvgIpc) is 3.07. The Morgan fingerprint density at radius 3 is 0.714 bits per heavy atom. The van der Waals surface area contributed by atoms with Gasteiger partial charge in [0.2, 0.25) is 0 Å². The van der Waals surface area contributed by atoms with E-state index in [4.69, 9.17) is 0 Å². The summed E-state index contributed by atoms with van der Waals surface area (Å²) >= 11 is 0. The van der Waals surface area contributed by atoms with Gasteiger partial charge in [0.25, 0.3) is 0 Å². The third kappa shape index (κ3) is 6.09. The first kappa shape index (κ1) is 45.1. The van der Waals surface area contributed by atoms with Crippen molar-refractivity contribution < 1.29 is 0 Å². The summed E-state index contributed by atoms with van der Waals surface area (Å²) < 4.78 is 0. The lowest BCUT2D eigenvalue weighted by Gasteiger charge is -2.57. The molecule has 63 heavy (non-hydrogen) atoms. The predicted octanol–water partition coefficient (Wildman–Crippen LogP) is 15.6. The molecule has 0 atom stereocenters. The topological polar surface area (TPSA) is 0 Å². The summed E-state index contributed by atoms with van der Waals surface area (Å²) in [6.07, 6.45) is 10.3. The molecule has 0 nitrogen and oxygen atoms in total. The molecule has 0 saturated heterocycles. The molecule has 0 aliphatic heterocycles. The number of hydrogen-bond acceptors (Lipinski definition) is 0. The van der Waals surface area contributed by atoms with E-state index in [9.17, 15) is 0 Å². The van der Waals surface area contributed by atoms with Crippen molar-refractivity contribution in [3.8, 4) is 0 Å². The fourth-order valence-corrected chi connectivity index (χ4v) is 16.4. The van der Waals surface area contributed by atoms with Gasteiger partial charge in [-0.1, -0.05) is 117 Å². The van der Waals surface area contributed by atoms with Crippen molar-refractivity contribution in [2.24, 2.45) is 0 Å². The molecular formula is C63H86. The second-order valence-electron chi connectivity index (χ2n) is 27.9. The molecule has 4 aromatic rings. The minimum atomic E-state index is 0.428. The molecule has 0 heteroatoms. The normalized spacial score (nSPS) is 23.0. The van der Waals surface area contributed by atoms with Crippen molar-refractivity contribution in [1.82, 2.24) is 0 Å². The van der Waals surface area contributed by atoms with Gasteiger partial charge in [0.05, 0.1) is 0 Å². The molecule has 0 spiro atoms. The van der Waals surface area contributed by atoms with Gasteiger partial charge in [0.1, 0.15) is 0 Å². The highest BCUT2D eigenvalue weighted by Gasteiger charge is 2.54. The molecule has 0 radical (unpaired) electrons. The summed E-state index contributed by atoms with van der Waals surface area (Å²) in [5.41, 5.74) is 41.3. The molecule has 12 rings (SSSR count). The number of hydrogen-bond donors (Lipinski definition) is 0. The highest BCUT2D eigenvalue weighted by Crippen LogP contribution is 2.62. The van der Waals surface area contributed by atoms with Crippen LogP contribution in [0.3, 0.4) is 0 Å². The second-order valence-corrected chi connectivity index (χ2v) is 27.9. The number of aryl methyl sites for hydroxylation is 2. The maximum atomic E-state index is 2.43. The number of rotatable bonds is 0. The van der Waals surface area contributed by atoms with Crippen LogP contribution < -0.4 is 0 Å². The van der Waals surface area contributed by atoms with Gasteiger partial charge in [-0.05, 0) is 271 Å². The van der Waals surface area contributed by atoms with Gasteiger partial charge >= 0.3 is 0 Å². The average molecular weight is 843 g/mol. The Morgan fingerprint density at radius 1 is 0.222 bits per heavy atom. The summed E-state index contributed by atoms with van der Waals surface area (Å²) in [4.78, 5) is 0. The predicted molar refractivity (Wildman–Crippen MR) is 273 cm³/mol. The van der Waals surface area contributed by atoms with E-state index in [1.54, 1.807) is 111 Å². The third-order valence-electron chi connectivity index (χ3n) is 18.9. The van der Waals surface area contributed by atoms with E-state index in [-0.39, 0.29) is 0 Å². The SMILES string of the molecule is CC1(C)Cc2c1c1c(c3c2C(C)(C)C3)C(C)(C)C1.Cc1c(C)c2c(c3c1C(C)(C)C3)CC2(C)C.Cc1c2c(c(C)c3c1C(C)(C)C3)C(C)(C)C2.Cc1cc(C)c2c(c1C)CC2(C)C. The van der Waals surface area contributed by atoms with Gasteiger partial charge < -0.3 is 0 Å². The van der Waals surface area contributed by atoms with Gasteiger partial charge in [-0.3, -0.25) is 0 Å². The van der Waals surface area contributed by atoms with Crippen LogP contribution in [0.15, 0.2) is 6.07 Å². The van der Waals surface area contributed by atoms with E-state index >= 15 is 0 Å². The van der Waals surface area contributed by atoms with E-state index in [1.807, 2.05) is 0 Å². The van der Waals surface area contributed by atoms with Crippen molar-refractivity contribution in [2.75, 3.05) is 0 Å². The van der Waals surface area contributed by atoms with Crippen molar-refractivity contribution in [3.63, 3.8) is 0 Å². The summed E-state index contributed by atoms with van der Waals surface area (Å²) in [6.45, 7) is 54.4. The van der Waals surface area contributed by atoms with Crippen LogP contribution in [-0.2, 0) is 94.7 Å². The first-order valence-corrected chi connectivity index (χ1v) is 25.2. The molecule has 0 heterocycles. The molecule has 338 valence electrons. The zero-order valence-electron chi connectivity index (χ0n) is 44.7. The second kappa shape index (κ2) is 13.1. The van der Waals surface area contributed by atoms with E-state index in [0.29, 0.717) is 43.3 Å². The Hall–Kier alpha value is -3.12. The quantitative estimate of drug-likeness (QED) is 0.165. The Kier molecular flexibility index (Phi) is 9.34. The van der Waals surface area contributed by atoms with Crippen molar-refractivity contribution in [3.05, 3.63) is 134 Å². The standard InChI is InChI=1S/C18H24.2C16H22.C13H18/c1-16(2)7-10-13(16)11-8-17(3,4)15(11)12-9-18(5,6)14(10)12;1-9-11-7-16(5,6)14(11)10(2)12-8-15(3,4)13(9)12;1-9-10(2)14-12(8-16(14,5)6)11-7-15(3,4)13(9)11;1-8-6-9(2)12-11(10(8)3)7-13(12,4)5/h7-9H2,1-6H3;2*7-8H2,1-6H3;6H,7H2,1-5H3. The van der Waals surface area contributed by atoms with Crippen molar-refractivity contribution in [1.29, 1.82) is 0 Å². The van der Waals surface area contributed by atoms with Gasteiger partial charge in [0.15, 0.2) is 0 Å². The van der Waals surface area contributed by atoms with Crippen LogP contribution >= 0.6 is 0 Å². The first-order chi connectivity index (χ1) is 28.6. The summed E-state index contributed by atoms with van der Waals surface area (Å²) in [6, 6.07) is 2.33. The molecule has 0 saturated carbocycles. The van der Waals surface area contributed by atoms with Crippen LogP contribution in [0.25, 0.3) is 0 Å². The molecule has 4 aromatic carbocycles. The van der Waals surface area contributed by atoms with Crippen LogP contribution in [0.5, 0.6) is 0 Å². The Morgan fingerprint density at radius 2 is 0.444 bits per heavy atom. The fraction of sp³-hybridized carbons (Fsp3) is 0.619. The Labute approximate surface area is 386 Å². The number of benzene rings is 4. The van der Waals surface area contributed by atoms with Crippen LogP contribution in [0.1, 0.15) is 239 Å². The highest BCUT2D eigenvalue weighted by molar-refractivity contribution is 5.71. The molecule has 0 fully saturated rings. The van der Waals surface area contributed by atoms with Gasteiger partial charge in [0, 0.05) is 0 Å². The van der Waals surface area contributed by atoms with E-state index in [0.717, 1.165) is 0 Å². The minimum Gasteiger partial charge on any atom is -0.0558 e. The Balaban J connectivity index is 0.000000107. The lowest BCUT2D eigenvalue weighted by Crippen LogP contribution is -2.50. The molecule has 0 amide bonds. The van der Waals surface area contributed by atoms with Crippen LogP contribution in [0.4, 0.5) is 0 Å². The largest absolute Gasteiger partial charge is 0.0558 e. The summed E-state index contributed by atoms with van der Waals surface area (Å²) in [7, 11) is 0. The third-order valence-corrected chi connectivity index (χ3v) is 18.9. The van der Waals surface area contributed by atoms with Crippen LogP contribution in [-0.4, -0.2) is 0 Å². The molecule has 0 unspecified atom stereocenters. The van der Waals surface area contributed by atoms with Gasteiger partial charge in [-0.15, -0.1) is 0 Å². The molecule has 8 aliphatic carbocycles. The summed E-state index contributed by atoms with van der Waals surface area (Å²) in [5.74, 6) is 0. The molecule has 0 N–H and O–H groups in total. The lowest BCUT2D eigenvalue weighted by atomic mass is 9.47. The minimum absolute atomic E-state index is 0.428. The molecule has 0 bridgehead atoms. The van der Waals surface area contributed by atoms with Gasteiger partial charge in [-0.2, -0.15) is 0 Å². The van der Waals surface area contributed by atoms with E-state index in [1.165, 1.54) is 68.1 Å². The maximum Gasteiger partial charge on any atom is -0.00573 e. The van der Waals surface area contributed by atoms with Crippen molar-refractivity contribution in [2.45, 2.75) is 254 Å². The Bertz CT molecular complexity index is 2390. The smallest absolute Gasteiger partial charge is 0.00573 e. The molecule has 0 aromatic heterocycles. The van der Waals surface area contributed by atoms with Crippen molar-refractivity contribution >= 4 is 0 Å². The van der Waals surface area contributed by atoms with E-state index in [2.05, 4.69) is 165 Å². The molecular weight excluding hydrogens is 757 g/mol. The maximum absolute atomic E-state index is 2.43.